The number of carboxylic acids is 1. The van der Waals surface area contributed by atoms with Gasteiger partial charge < -0.3 is 5.11 Å². The van der Waals surface area contributed by atoms with E-state index in [4.69, 9.17) is 5.11 Å². The lowest BCUT2D eigenvalue weighted by Crippen LogP contribution is -1.92. The molecule has 0 aliphatic rings. The second kappa shape index (κ2) is 17.2. The van der Waals surface area contributed by atoms with Crippen molar-refractivity contribution in [2.75, 3.05) is 0 Å². The maximum atomic E-state index is 9.60. The third-order valence-corrected chi connectivity index (χ3v) is 3.07. The first-order valence-corrected chi connectivity index (χ1v) is 7.95. The van der Waals surface area contributed by atoms with Crippen molar-refractivity contribution in [1.82, 2.24) is 0 Å². The van der Waals surface area contributed by atoms with E-state index in [1.807, 2.05) is 0 Å². The van der Waals surface area contributed by atoms with Crippen molar-refractivity contribution in [2.24, 2.45) is 0 Å². The summed E-state index contributed by atoms with van der Waals surface area (Å²) in [5.41, 5.74) is 0.176. The van der Waals surface area contributed by atoms with E-state index >= 15 is 0 Å². The van der Waals surface area contributed by atoms with E-state index in [-0.39, 0.29) is 5.57 Å². The van der Waals surface area contributed by atoms with E-state index in [0.29, 0.717) is 0 Å². The zero-order valence-electron chi connectivity index (χ0n) is 13.3. The largest absolute Gasteiger partial charge is 0.478 e. The van der Waals surface area contributed by atoms with Crippen LogP contribution in [0.15, 0.2) is 12.2 Å². The Labute approximate surface area is 120 Å². The van der Waals surface area contributed by atoms with Crippen molar-refractivity contribution in [1.29, 1.82) is 0 Å². The standard InChI is InChI=1S/C13H28.C4H6O2/c1-3-5-7-9-11-13-12-10-8-6-4-2;1-3(2)4(5)6/h3-13H2,1-2H3;1H2,2H3,(H,5,6). The molecular weight excluding hydrogens is 236 g/mol. The second-order valence-corrected chi connectivity index (χ2v) is 5.27. The molecule has 0 aromatic heterocycles. The van der Waals surface area contributed by atoms with Gasteiger partial charge in [-0.15, -0.1) is 0 Å². The van der Waals surface area contributed by atoms with Crippen LogP contribution in [-0.4, -0.2) is 11.1 Å². The number of hydrogen-bond acceptors (Lipinski definition) is 1. The van der Waals surface area contributed by atoms with Crippen molar-refractivity contribution >= 4 is 5.97 Å². The van der Waals surface area contributed by atoms with Gasteiger partial charge in [0.2, 0.25) is 0 Å². The van der Waals surface area contributed by atoms with E-state index in [1.54, 1.807) is 0 Å². The summed E-state index contributed by atoms with van der Waals surface area (Å²) in [7, 11) is 0. The molecule has 0 amide bonds. The van der Waals surface area contributed by atoms with E-state index in [9.17, 15) is 4.79 Å². The van der Waals surface area contributed by atoms with Crippen molar-refractivity contribution in [3.63, 3.8) is 0 Å². The zero-order valence-corrected chi connectivity index (χ0v) is 13.3. The third kappa shape index (κ3) is 22.8. The number of carboxylic acid groups (broad SMARTS) is 1. The highest BCUT2D eigenvalue weighted by atomic mass is 16.4. The first-order valence-electron chi connectivity index (χ1n) is 7.95. The van der Waals surface area contributed by atoms with Crippen LogP contribution in [0, 0.1) is 0 Å². The molecular formula is C17H34O2. The predicted octanol–water partition coefficient (Wildman–Crippen LogP) is 5.96. The van der Waals surface area contributed by atoms with Crippen LogP contribution in [-0.2, 0) is 4.79 Å². The fourth-order valence-corrected chi connectivity index (χ4v) is 1.74. The SMILES string of the molecule is C=C(C)C(=O)O.CCCCCCCCCCCCC. The number of unbranched alkanes of at least 4 members (excludes halogenated alkanes) is 10. The van der Waals surface area contributed by atoms with Crippen molar-refractivity contribution in [3.05, 3.63) is 12.2 Å². The van der Waals surface area contributed by atoms with Crippen LogP contribution < -0.4 is 0 Å². The van der Waals surface area contributed by atoms with Crippen LogP contribution in [0.25, 0.3) is 0 Å². The minimum absolute atomic E-state index is 0.176. The minimum Gasteiger partial charge on any atom is -0.478 e. The highest BCUT2D eigenvalue weighted by molar-refractivity contribution is 5.84. The molecule has 0 aromatic carbocycles. The lowest BCUT2D eigenvalue weighted by Gasteiger charge is -2.00. The van der Waals surface area contributed by atoms with Gasteiger partial charge >= 0.3 is 5.97 Å². The first kappa shape index (κ1) is 20.5. The summed E-state index contributed by atoms with van der Waals surface area (Å²) < 4.78 is 0. The molecule has 0 fully saturated rings. The first-order chi connectivity index (χ1) is 9.06. The fourth-order valence-electron chi connectivity index (χ4n) is 1.74. The Morgan fingerprint density at radius 1 is 0.789 bits per heavy atom. The Kier molecular flexibility index (Phi) is 18.6. The Hall–Kier alpha value is -0.790. The van der Waals surface area contributed by atoms with Gasteiger partial charge in [-0.25, -0.2) is 4.79 Å². The number of aliphatic carboxylic acids is 1. The quantitative estimate of drug-likeness (QED) is 0.371. The van der Waals surface area contributed by atoms with Gasteiger partial charge in [-0.2, -0.15) is 0 Å². The molecule has 19 heavy (non-hydrogen) atoms. The average Bonchev–Trinajstić information content (AvgIpc) is 2.37. The molecule has 114 valence electrons. The van der Waals surface area contributed by atoms with Crippen LogP contribution in [0.3, 0.4) is 0 Å². The van der Waals surface area contributed by atoms with Gasteiger partial charge in [-0.3, -0.25) is 0 Å². The van der Waals surface area contributed by atoms with Gasteiger partial charge in [0.25, 0.3) is 0 Å². The van der Waals surface area contributed by atoms with E-state index < -0.39 is 5.97 Å². The smallest absolute Gasteiger partial charge is 0.330 e. The fraction of sp³-hybridized carbons (Fsp3) is 0.824. The summed E-state index contributed by atoms with van der Waals surface area (Å²) in [6.45, 7) is 9.17. The average molecular weight is 270 g/mol. The Balaban J connectivity index is 0. The van der Waals surface area contributed by atoms with Crippen LogP contribution in [0.1, 0.15) is 91.4 Å². The molecule has 2 heteroatoms. The van der Waals surface area contributed by atoms with Gasteiger partial charge in [0, 0.05) is 5.57 Å². The summed E-state index contributed by atoms with van der Waals surface area (Å²) in [5, 5.41) is 7.89. The second-order valence-electron chi connectivity index (χ2n) is 5.27. The molecule has 0 atom stereocenters. The highest BCUT2D eigenvalue weighted by Gasteiger charge is 1.91. The van der Waals surface area contributed by atoms with Crippen LogP contribution in [0.4, 0.5) is 0 Å². The van der Waals surface area contributed by atoms with Crippen molar-refractivity contribution in [3.8, 4) is 0 Å². The maximum Gasteiger partial charge on any atom is 0.330 e. The molecule has 0 radical (unpaired) electrons. The number of carbonyl (C=O) groups is 1. The van der Waals surface area contributed by atoms with E-state index in [2.05, 4.69) is 20.4 Å². The van der Waals surface area contributed by atoms with Crippen LogP contribution in [0.2, 0.25) is 0 Å². The lowest BCUT2D eigenvalue weighted by molar-refractivity contribution is -0.132. The van der Waals surface area contributed by atoms with Gasteiger partial charge in [0.1, 0.15) is 0 Å². The molecule has 0 aliphatic heterocycles. The summed E-state index contributed by atoms with van der Waals surface area (Å²) in [4.78, 5) is 9.60. The van der Waals surface area contributed by atoms with E-state index in [1.165, 1.54) is 77.6 Å². The van der Waals surface area contributed by atoms with Crippen molar-refractivity contribution in [2.45, 2.75) is 91.4 Å². The van der Waals surface area contributed by atoms with Gasteiger partial charge in [0.05, 0.1) is 0 Å². The monoisotopic (exact) mass is 270 g/mol. The van der Waals surface area contributed by atoms with Crippen molar-refractivity contribution < 1.29 is 9.90 Å². The Bertz CT molecular complexity index is 187. The molecule has 0 unspecified atom stereocenters. The van der Waals surface area contributed by atoms with Crippen LogP contribution in [0.5, 0.6) is 0 Å². The van der Waals surface area contributed by atoms with Gasteiger partial charge in [0.15, 0.2) is 0 Å². The zero-order chi connectivity index (χ0) is 14.9. The van der Waals surface area contributed by atoms with Gasteiger partial charge in [-0.05, 0) is 6.92 Å². The molecule has 0 saturated carbocycles. The molecule has 2 nitrogen and oxygen atoms in total. The minimum atomic E-state index is -0.935. The molecule has 0 aromatic rings. The Morgan fingerprint density at radius 2 is 1.00 bits per heavy atom. The van der Waals surface area contributed by atoms with Gasteiger partial charge in [-0.1, -0.05) is 91.1 Å². The molecule has 0 spiro atoms. The summed E-state index contributed by atoms with van der Waals surface area (Å²) >= 11 is 0. The molecule has 0 rings (SSSR count). The molecule has 0 saturated heterocycles. The van der Waals surface area contributed by atoms with Crippen LogP contribution >= 0.6 is 0 Å². The number of hydrogen-bond donors (Lipinski definition) is 1. The molecule has 0 aliphatic carbocycles. The summed E-state index contributed by atoms with van der Waals surface area (Å²) in [6.07, 6.45) is 15.9. The molecule has 1 N–H and O–H groups in total. The normalized spacial score (nSPS) is 9.63. The lowest BCUT2D eigenvalue weighted by atomic mass is 10.1. The summed E-state index contributed by atoms with van der Waals surface area (Å²) in [5.74, 6) is -0.935. The number of rotatable bonds is 11. The summed E-state index contributed by atoms with van der Waals surface area (Å²) in [6, 6.07) is 0. The molecule has 0 heterocycles. The van der Waals surface area contributed by atoms with E-state index in [0.717, 1.165) is 0 Å². The molecule has 0 bridgehead atoms. The predicted molar refractivity (Wildman–Crippen MR) is 84.6 cm³/mol. The maximum absolute atomic E-state index is 9.60. The Morgan fingerprint density at radius 3 is 1.16 bits per heavy atom. The third-order valence-electron chi connectivity index (χ3n) is 3.07. The topological polar surface area (TPSA) is 37.3 Å². The highest BCUT2D eigenvalue weighted by Crippen LogP contribution is 2.10.